The molecule has 7 heteroatoms. The van der Waals surface area contributed by atoms with Crippen LogP contribution < -0.4 is 0 Å². The number of hydrogen-bond donors (Lipinski definition) is 0. The average Bonchev–Trinajstić information content (AvgIpc) is 3.18. The quantitative estimate of drug-likeness (QED) is 0.865. The zero-order chi connectivity index (χ0) is 14.7. The topological polar surface area (TPSA) is 68.5 Å². The maximum atomic E-state index is 11.9. The highest BCUT2D eigenvalue weighted by atomic mass is 32.1. The lowest BCUT2D eigenvalue weighted by Crippen LogP contribution is -2.40. The normalized spacial score (nSPS) is 18.9. The first-order valence-corrected chi connectivity index (χ1v) is 7.80. The number of rotatable bonds is 4. The van der Waals surface area contributed by atoms with Gasteiger partial charge in [0.2, 0.25) is 11.8 Å². The first-order valence-electron chi connectivity index (χ1n) is 6.92. The largest absolute Gasteiger partial charge is 0.420 e. The van der Waals surface area contributed by atoms with Gasteiger partial charge in [0.25, 0.3) is 5.89 Å². The van der Waals surface area contributed by atoms with Gasteiger partial charge in [0, 0.05) is 20.2 Å². The molecule has 0 aliphatic carbocycles. The second-order valence-corrected chi connectivity index (χ2v) is 5.98. The molecule has 0 aromatic carbocycles. The summed E-state index contributed by atoms with van der Waals surface area (Å²) in [7, 11) is 1.53. The number of likely N-dealkylation sites (tertiary alicyclic amines) is 1. The molecule has 21 heavy (non-hydrogen) atoms. The maximum absolute atomic E-state index is 11.9. The first kappa shape index (κ1) is 14.2. The van der Waals surface area contributed by atoms with Gasteiger partial charge in [-0.2, -0.15) is 0 Å². The molecule has 2 aromatic heterocycles. The van der Waals surface area contributed by atoms with E-state index >= 15 is 0 Å². The minimum Gasteiger partial charge on any atom is -0.420 e. The van der Waals surface area contributed by atoms with E-state index in [0.29, 0.717) is 18.3 Å². The molecule has 3 rings (SSSR count). The molecule has 1 fully saturated rings. The van der Waals surface area contributed by atoms with Crippen LogP contribution in [0.25, 0.3) is 10.8 Å². The molecule has 0 radical (unpaired) electrons. The molecule has 0 saturated carbocycles. The van der Waals surface area contributed by atoms with Crippen LogP contribution in [0.1, 0.15) is 24.7 Å². The standard InChI is InChI=1S/C14H17N3O3S/c1-19-9-12(18)17-6-2-4-10(8-17)13-15-16-14(20-13)11-5-3-7-21-11/h3,5,7,10H,2,4,6,8-9H2,1H3. The fourth-order valence-corrected chi connectivity index (χ4v) is 3.16. The zero-order valence-electron chi connectivity index (χ0n) is 11.8. The summed E-state index contributed by atoms with van der Waals surface area (Å²) in [6.07, 6.45) is 1.90. The van der Waals surface area contributed by atoms with Crippen molar-refractivity contribution in [3.05, 3.63) is 23.4 Å². The summed E-state index contributed by atoms with van der Waals surface area (Å²) in [6, 6.07) is 3.91. The number of thiophene rings is 1. The molecule has 112 valence electrons. The minimum atomic E-state index is 0.0141. The summed E-state index contributed by atoms with van der Waals surface area (Å²) in [5.74, 6) is 1.30. The van der Waals surface area contributed by atoms with Crippen LogP contribution in [-0.2, 0) is 9.53 Å². The monoisotopic (exact) mass is 307 g/mol. The van der Waals surface area contributed by atoms with Gasteiger partial charge in [-0.05, 0) is 24.3 Å². The van der Waals surface area contributed by atoms with Crippen molar-refractivity contribution in [3.8, 4) is 10.8 Å². The predicted molar refractivity (Wildman–Crippen MR) is 78.0 cm³/mol. The molecular formula is C14H17N3O3S. The van der Waals surface area contributed by atoms with Gasteiger partial charge < -0.3 is 14.1 Å². The Kier molecular flexibility index (Phi) is 4.31. The lowest BCUT2D eigenvalue weighted by molar-refractivity contribution is -0.136. The van der Waals surface area contributed by atoms with Crippen LogP contribution in [-0.4, -0.2) is 47.8 Å². The van der Waals surface area contributed by atoms with E-state index in [1.807, 2.05) is 22.4 Å². The van der Waals surface area contributed by atoms with Gasteiger partial charge in [-0.15, -0.1) is 21.5 Å². The molecule has 0 bridgehead atoms. The fraction of sp³-hybridized carbons (Fsp3) is 0.500. The second kappa shape index (κ2) is 6.36. The summed E-state index contributed by atoms with van der Waals surface area (Å²) in [5, 5.41) is 10.2. The number of methoxy groups -OCH3 is 1. The lowest BCUT2D eigenvalue weighted by atomic mass is 9.98. The van der Waals surface area contributed by atoms with Crippen molar-refractivity contribution in [3.63, 3.8) is 0 Å². The molecule has 3 heterocycles. The Balaban J connectivity index is 1.70. The molecule has 1 unspecified atom stereocenters. The second-order valence-electron chi connectivity index (χ2n) is 5.03. The van der Waals surface area contributed by atoms with Gasteiger partial charge in [0.15, 0.2) is 0 Å². The van der Waals surface area contributed by atoms with Crippen LogP contribution in [0.5, 0.6) is 0 Å². The molecule has 1 amide bonds. The third-order valence-electron chi connectivity index (χ3n) is 3.56. The van der Waals surface area contributed by atoms with E-state index in [-0.39, 0.29) is 18.4 Å². The van der Waals surface area contributed by atoms with Crippen molar-refractivity contribution in [2.75, 3.05) is 26.8 Å². The Morgan fingerprint density at radius 2 is 2.48 bits per heavy atom. The molecule has 1 atom stereocenters. The van der Waals surface area contributed by atoms with Crippen LogP contribution >= 0.6 is 11.3 Å². The van der Waals surface area contributed by atoms with Gasteiger partial charge in [-0.25, -0.2) is 0 Å². The number of aromatic nitrogens is 2. The van der Waals surface area contributed by atoms with Gasteiger partial charge in [-0.1, -0.05) is 6.07 Å². The lowest BCUT2D eigenvalue weighted by Gasteiger charge is -2.30. The Labute approximate surface area is 126 Å². The summed E-state index contributed by atoms with van der Waals surface area (Å²) < 4.78 is 10.7. The number of carbonyl (C=O) groups is 1. The van der Waals surface area contributed by atoms with Crippen molar-refractivity contribution in [1.29, 1.82) is 0 Å². The van der Waals surface area contributed by atoms with E-state index in [9.17, 15) is 4.79 Å². The van der Waals surface area contributed by atoms with Gasteiger partial charge >= 0.3 is 0 Å². The Morgan fingerprint density at radius 3 is 3.24 bits per heavy atom. The van der Waals surface area contributed by atoms with Crippen molar-refractivity contribution in [2.45, 2.75) is 18.8 Å². The van der Waals surface area contributed by atoms with E-state index in [0.717, 1.165) is 24.3 Å². The number of nitrogens with zero attached hydrogens (tertiary/aromatic N) is 3. The molecule has 1 aliphatic rings. The predicted octanol–water partition coefficient (Wildman–Crippen LogP) is 2.15. The van der Waals surface area contributed by atoms with Crippen LogP contribution in [0.15, 0.2) is 21.9 Å². The molecule has 0 spiro atoms. The Bertz CT molecular complexity index is 596. The Morgan fingerprint density at radius 1 is 1.57 bits per heavy atom. The average molecular weight is 307 g/mol. The van der Waals surface area contributed by atoms with Crippen LogP contribution in [0.2, 0.25) is 0 Å². The Hall–Kier alpha value is -1.73. The number of carbonyl (C=O) groups excluding carboxylic acids is 1. The fourth-order valence-electron chi connectivity index (χ4n) is 2.52. The van der Waals surface area contributed by atoms with E-state index in [4.69, 9.17) is 9.15 Å². The first-order chi connectivity index (χ1) is 10.3. The van der Waals surface area contributed by atoms with Crippen LogP contribution in [0.3, 0.4) is 0 Å². The van der Waals surface area contributed by atoms with E-state index < -0.39 is 0 Å². The number of amides is 1. The van der Waals surface area contributed by atoms with Gasteiger partial charge in [0.1, 0.15) is 6.61 Å². The number of piperidine rings is 1. The van der Waals surface area contributed by atoms with Gasteiger partial charge in [0.05, 0.1) is 10.8 Å². The van der Waals surface area contributed by atoms with Crippen molar-refractivity contribution in [1.82, 2.24) is 15.1 Å². The smallest absolute Gasteiger partial charge is 0.257 e. The third kappa shape index (κ3) is 3.14. The summed E-state index contributed by atoms with van der Waals surface area (Å²) >= 11 is 1.57. The molecule has 0 N–H and O–H groups in total. The summed E-state index contributed by atoms with van der Waals surface area (Å²) in [6.45, 7) is 1.51. The number of hydrogen-bond acceptors (Lipinski definition) is 6. The van der Waals surface area contributed by atoms with Crippen molar-refractivity contribution < 1.29 is 13.9 Å². The van der Waals surface area contributed by atoms with E-state index in [2.05, 4.69) is 10.2 Å². The number of ether oxygens (including phenoxy) is 1. The highest BCUT2D eigenvalue weighted by Crippen LogP contribution is 2.29. The van der Waals surface area contributed by atoms with Crippen molar-refractivity contribution >= 4 is 17.2 Å². The molecule has 6 nitrogen and oxygen atoms in total. The minimum absolute atomic E-state index is 0.0141. The maximum Gasteiger partial charge on any atom is 0.257 e. The van der Waals surface area contributed by atoms with Crippen LogP contribution in [0.4, 0.5) is 0 Å². The molecular weight excluding hydrogens is 290 g/mol. The SMILES string of the molecule is COCC(=O)N1CCCC(c2nnc(-c3cccs3)o2)C1. The van der Waals surface area contributed by atoms with Gasteiger partial charge in [-0.3, -0.25) is 4.79 Å². The third-order valence-corrected chi connectivity index (χ3v) is 4.42. The molecule has 1 saturated heterocycles. The van der Waals surface area contributed by atoms with Crippen LogP contribution in [0, 0.1) is 0 Å². The van der Waals surface area contributed by atoms with Crippen molar-refractivity contribution in [2.24, 2.45) is 0 Å². The summed E-state index contributed by atoms with van der Waals surface area (Å²) in [4.78, 5) is 14.7. The zero-order valence-corrected chi connectivity index (χ0v) is 12.6. The van der Waals surface area contributed by atoms with E-state index in [1.165, 1.54) is 7.11 Å². The molecule has 1 aliphatic heterocycles. The highest BCUT2D eigenvalue weighted by Gasteiger charge is 2.28. The molecule has 2 aromatic rings. The van der Waals surface area contributed by atoms with E-state index in [1.54, 1.807) is 11.3 Å². The highest BCUT2D eigenvalue weighted by molar-refractivity contribution is 7.13. The summed E-state index contributed by atoms with van der Waals surface area (Å²) in [5.41, 5.74) is 0.